The van der Waals surface area contributed by atoms with Gasteiger partial charge >= 0.3 is 5.97 Å². The number of hydrogen-bond donors (Lipinski definition) is 0. The van der Waals surface area contributed by atoms with Gasteiger partial charge in [0, 0.05) is 3.57 Å². The molecule has 0 bridgehead atoms. The van der Waals surface area contributed by atoms with E-state index < -0.39 is 30.3 Å². The van der Waals surface area contributed by atoms with Crippen molar-refractivity contribution in [1.29, 1.82) is 0 Å². The molecular formula is C10H9F3INO2. The first kappa shape index (κ1) is 14.2. The number of halogens is 4. The fraction of sp³-hybridized carbons (Fsp3) is 0.400. The number of ether oxygens (including phenoxy) is 1. The van der Waals surface area contributed by atoms with Gasteiger partial charge in [0.1, 0.15) is 11.5 Å². The highest BCUT2D eigenvalue weighted by atomic mass is 127. The van der Waals surface area contributed by atoms with Gasteiger partial charge in [0.15, 0.2) is 0 Å². The quantitative estimate of drug-likeness (QED) is 0.613. The summed E-state index contributed by atoms with van der Waals surface area (Å²) in [5.41, 5.74) is -0.842. The lowest BCUT2D eigenvalue weighted by Crippen LogP contribution is -2.12. The Labute approximate surface area is 110 Å². The van der Waals surface area contributed by atoms with E-state index in [1.165, 1.54) is 0 Å². The Morgan fingerprint density at radius 1 is 1.59 bits per heavy atom. The largest absolute Gasteiger partial charge is 0.466 e. The molecule has 0 amide bonds. The average molecular weight is 359 g/mol. The Morgan fingerprint density at radius 3 is 2.76 bits per heavy atom. The van der Waals surface area contributed by atoms with Gasteiger partial charge < -0.3 is 4.74 Å². The Kier molecular flexibility index (Phi) is 5.16. The summed E-state index contributed by atoms with van der Waals surface area (Å²) in [4.78, 5) is 14.6. The van der Waals surface area contributed by atoms with Crippen LogP contribution in [0.4, 0.5) is 13.2 Å². The number of hydrogen-bond acceptors (Lipinski definition) is 3. The molecule has 3 nitrogen and oxygen atoms in total. The molecule has 1 aromatic heterocycles. The summed E-state index contributed by atoms with van der Waals surface area (Å²) in [6.45, 7) is 1.74. The molecule has 0 aliphatic heterocycles. The van der Waals surface area contributed by atoms with Gasteiger partial charge in [-0.2, -0.15) is 0 Å². The number of aromatic nitrogens is 1. The summed E-state index contributed by atoms with van der Waals surface area (Å²) in [5.74, 6) is -1.48. The Morgan fingerprint density at radius 2 is 2.24 bits per heavy atom. The van der Waals surface area contributed by atoms with Gasteiger partial charge in [0.25, 0.3) is 6.43 Å². The minimum atomic E-state index is -2.80. The van der Waals surface area contributed by atoms with Gasteiger partial charge in [-0.3, -0.25) is 4.79 Å². The van der Waals surface area contributed by atoms with Gasteiger partial charge in [-0.1, -0.05) is 0 Å². The van der Waals surface area contributed by atoms with E-state index in [1.54, 1.807) is 29.5 Å². The van der Waals surface area contributed by atoms with Crippen LogP contribution in [0.5, 0.6) is 0 Å². The van der Waals surface area contributed by atoms with Gasteiger partial charge in [-0.25, -0.2) is 18.2 Å². The standard InChI is InChI=1S/C10H9F3INO2/c1-2-17-8(16)4-7-5(11)3-6(14)9(15-7)10(12)13/h3,10H,2,4H2,1H3. The summed E-state index contributed by atoms with van der Waals surface area (Å²) < 4.78 is 43.0. The molecule has 0 saturated heterocycles. The zero-order valence-corrected chi connectivity index (χ0v) is 11.0. The number of nitrogens with zero attached hydrogens (tertiary/aromatic N) is 1. The third-order valence-electron chi connectivity index (χ3n) is 1.85. The molecule has 1 rings (SSSR count). The SMILES string of the molecule is CCOC(=O)Cc1nc(C(F)F)c(I)cc1F. The van der Waals surface area contributed by atoms with Crippen LogP contribution >= 0.6 is 22.6 Å². The van der Waals surface area contributed by atoms with E-state index in [9.17, 15) is 18.0 Å². The number of alkyl halides is 2. The Bertz CT molecular complexity index is 426. The molecule has 1 aromatic rings. The zero-order valence-electron chi connectivity index (χ0n) is 8.84. The van der Waals surface area contributed by atoms with E-state index >= 15 is 0 Å². The number of pyridine rings is 1. The van der Waals surface area contributed by atoms with Crippen LogP contribution in [0.25, 0.3) is 0 Å². The average Bonchev–Trinajstić information content (AvgIpc) is 2.21. The highest BCUT2D eigenvalue weighted by Gasteiger charge is 2.19. The van der Waals surface area contributed by atoms with Gasteiger partial charge in [0.05, 0.1) is 18.7 Å². The minimum absolute atomic E-state index is 0.0303. The maximum atomic E-state index is 13.4. The second-order valence-electron chi connectivity index (χ2n) is 3.07. The van der Waals surface area contributed by atoms with Crippen molar-refractivity contribution in [3.63, 3.8) is 0 Å². The van der Waals surface area contributed by atoms with E-state index in [-0.39, 0.29) is 15.9 Å². The van der Waals surface area contributed by atoms with Gasteiger partial charge in [-0.05, 0) is 35.6 Å². The van der Waals surface area contributed by atoms with Crippen LogP contribution < -0.4 is 0 Å². The summed E-state index contributed by atoms with van der Waals surface area (Å²) in [6.07, 6.45) is -3.25. The van der Waals surface area contributed by atoms with Crippen molar-refractivity contribution < 1.29 is 22.7 Å². The summed E-state index contributed by atoms with van der Waals surface area (Å²) in [7, 11) is 0. The van der Waals surface area contributed by atoms with Crippen molar-refractivity contribution in [2.75, 3.05) is 6.61 Å². The molecule has 0 spiro atoms. The van der Waals surface area contributed by atoms with Crippen molar-refractivity contribution in [1.82, 2.24) is 4.98 Å². The third kappa shape index (κ3) is 3.83. The lowest BCUT2D eigenvalue weighted by molar-refractivity contribution is -0.142. The number of esters is 1. The third-order valence-corrected chi connectivity index (χ3v) is 2.72. The van der Waals surface area contributed by atoms with Crippen LogP contribution in [0.15, 0.2) is 6.07 Å². The van der Waals surface area contributed by atoms with E-state index in [0.29, 0.717) is 0 Å². The van der Waals surface area contributed by atoms with Crippen LogP contribution in [0.2, 0.25) is 0 Å². The van der Waals surface area contributed by atoms with Crippen molar-refractivity contribution in [3.05, 3.63) is 26.8 Å². The molecular weight excluding hydrogens is 350 g/mol. The topological polar surface area (TPSA) is 39.2 Å². The number of rotatable bonds is 4. The van der Waals surface area contributed by atoms with Gasteiger partial charge in [0.2, 0.25) is 0 Å². The van der Waals surface area contributed by atoms with Crippen LogP contribution in [0, 0.1) is 9.39 Å². The maximum absolute atomic E-state index is 13.4. The molecule has 94 valence electrons. The first-order chi connectivity index (χ1) is 7.95. The molecule has 0 saturated carbocycles. The normalized spacial score (nSPS) is 10.7. The fourth-order valence-electron chi connectivity index (χ4n) is 1.15. The first-order valence-corrected chi connectivity index (χ1v) is 5.82. The van der Waals surface area contributed by atoms with Crippen molar-refractivity contribution >= 4 is 28.6 Å². The maximum Gasteiger partial charge on any atom is 0.311 e. The fourth-order valence-corrected chi connectivity index (χ4v) is 1.78. The molecule has 0 N–H and O–H groups in total. The van der Waals surface area contributed by atoms with Crippen molar-refractivity contribution in [2.45, 2.75) is 19.8 Å². The van der Waals surface area contributed by atoms with Gasteiger partial charge in [-0.15, -0.1) is 0 Å². The molecule has 0 unspecified atom stereocenters. The Hall–Kier alpha value is -0.860. The lowest BCUT2D eigenvalue weighted by Gasteiger charge is -2.07. The van der Waals surface area contributed by atoms with Crippen molar-refractivity contribution in [2.24, 2.45) is 0 Å². The van der Waals surface area contributed by atoms with E-state index in [1.807, 2.05) is 0 Å². The monoisotopic (exact) mass is 359 g/mol. The molecule has 0 aliphatic rings. The highest BCUT2D eigenvalue weighted by molar-refractivity contribution is 14.1. The summed E-state index contributed by atoms with van der Waals surface area (Å²) in [6, 6.07) is 0.934. The van der Waals surface area contributed by atoms with Crippen molar-refractivity contribution in [3.8, 4) is 0 Å². The van der Waals surface area contributed by atoms with Crippen LogP contribution in [0.1, 0.15) is 24.7 Å². The molecule has 0 atom stereocenters. The molecule has 0 fully saturated rings. The lowest BCUT2D eigenvalue weighted by atomic mass is 10.2. The summed E-state index contributed by atoms with van der Waals surface area (Å²) in [5, 5.41) is 0. The van der Waals surface area contributed by atoms with Crippen LogP contribution in [-0.4, -0.2) is 17.6 Å². The minimum Gasteiger partial charge on any atom is -0.466 e. The number of carbonyl (C=O) groups excluding carboxylic acids is 1. The molecule has 0 radical (unpaired) electrons. The Balaban J connectivity index is 2.99. The van der Waals surface area contributed by atoms with E-state index in [2.05, 4.69) is 9.72 Å². The predicted octanol–water partition coefficient (Wildman–Crippen LogP) is 2.87. The zero-order chi connectivity index (χ0) is 13.0. The molecule has 0 aromatic carbocycles. The highest BCUT2D eigenvalue weighted by Crippen LogP contribution is 2.24. The predicted molar refractivity (Wildman–Crippen MR) is 62.2 cm³/mol. The second-order valence-corrected chi connectivity index (χ2v) is 4.23. The molecule has 0 aliphatic carbocycles. The van der Waals surface area contributed by atoms with E-state index in [4.69, 9.17) is 0 Å². The molecule has 7 heteroatoms. The van der Waals surface area contributed by atoms with E-state index in [0.717, 1.165) is 6.07 Å². The number of carbonyl (C=O) groups is 1. The smallest absolute Gasteiger partial charge is 0.311 e. The van der Waals surface area contributed by atoms with Crippen LogP contribution in [0.3, 0.4) is 0 Å². The first-order valence-electron chi connectivity index (χ1n) is 4.74. The molecule has 17 heavy (non-hydrogen) atoms. The summed E-state index contributed by atoms with van der Waals surface area (Å²) >= 11 is 1.57. The van der Waals surface area contributed by atoms with Crippen LogP contribution in [-0.2, 0) is 16.0 Å². The molecule has 1 heterocycles. The second kappa shape index (κ2) is 6.18.